The second kappa shape index (κ2) is 8.14. The molecule has 0 saturated heterocycles. The van der Waals surface area contributed by atoms with Gasteiger partial charge in [-0.05, 0) is 44.2 Å². The van der Waals surface area contributed by atoms with E-state index in [-0.39, 0.29) is 5.76 Å². The molecule has 3 N–H and O–H groups in total. The molecule has 8 heteroatoms. The molecule has 0 bridgehead atoms. The first-order valence-corrected chi connectivity index (χ1v) is 8.89. The number of hydrogen-bond acceptors (Lipinski definition) is 4. The Hall–Kier alpha value is -3.32. The second-order valence-electron chi connectivity index (χ2n) is 6.20. The van der Waals surface area contributed by atoms with Gasteiger partial charge < -0.3 is 9.73 Å². The summed E-state index contributed by atoms with van der Waals surface area (Å²) in [5, 5.41) is 3.87. The molecule has 0 spiro atoms. The molecule has 0 saturated carbocycles. The minimum absolute atomic E-state index is 0.111. The Balaban J connectivity index is 1.58. The SMILES string of the molecule is Cc1c(C(=O)NNC(=O)C(C)NC(=O)c2ccc(Cl)cc2)oc2ccccc12. The molecular formula is C20H18ClN3O4. The van der Waals surface area contributed by atoms with Gasteiger partial charge in [-0.25, -0.2) is 0 Å². The van der Waals surface area contributed by atoms with Gasteiger partial charge in [0.15, 0.2) is 5.76 Å². The zero-order valence-electron chi connectivity index (χ0n) is 15.2. The van der Waals surface area contributed by atoms with E-state index in [1.807, 2.05) is 12.1 Å². The molecular weight excluding hydrogens is 382 g/mol. The fraction of sp³-hybridized carbons (Fsp3) is 0.150. The van der Waals surface area contributed by atoms with Gasteiger partial charge in [0.1, 0.15) is 11.6 Å². The van der Waals surface area contributed by atoms with Crippen molar-refractivity contribution in [1.29, 1.82) is 0 Å². The number of furan rings is 1. The Morgan fingerprint density at radius 2 is 1.64 bits per heavy atom. The van der Waals surface area contributed by atoms with Gasteiger partial charge in [-0.1, -0.05) is 29.8 Å². The molecule has 1 unspecified atom stereocenters. The van der Waals surface area contributed by atoms with Crippen LogP contribution in [0.4, 0.5) is 0 Å². The minimum Gasteiger partial charge on any atom is -0.451 e. The van der Waals surface area contributed by atoms with Crippen molar-refractivity contribution in [2.24, 2.45) is 0 Å². The third kappa shape index (κ3) is 4.15. The highest BCUT2D eigenvalue weighted by Crippen LogP contribution is 2.24. The van der Waals surface area contributed by atoms with Gasteiger partial charge in [-0.3, -0.25) is 25.2 Å². The van der Waals surface area contributed by atoms with Crippen molar-refractivity contribution in [3.63, 3.8) is 0 Å². The fourth-order valence-corrected chi connectivity index (χ4v) is 2.75. The van der Waals surface area contributed by atoms with E-state index in [9.17, 15) is 14.4 Å². The van der Waals surface area contributed by atoms with Gasteiger partial charge in [0.2, 0.25) is 0 Å². The number of amides is 3. The molecule has 0 aliphatic rings. The lowest BCUT2D eigenvalue weighted by Gasteiger charge is -2.14. The topological polar surface area (TPSA) is 100 Å². The lowest BCUT2D eigenvalue weighted by atomic mass is 10.1. The number of benzene rings is 2. The second-order valence-corrected chi connectivity index (χ2v) is 6.63. The van der Waals surface area contributed by atoms with Crippen LogP contribution in [0.15, 0.2) is 52.9 Å². The number of hydrazine groups is 1. The summed E-state index contributed by atoms with van der Waals surface area (Å²) >= 11 is 5.79. The van der Waals surface area contributed by atoms with Crippen LogP contribution in [0.25, 0.3) is 11.0 Å². The van der Waals surface area contributed by atoms with Crippen LogP contribution in [0.5, 0.6) is 0 Å². The van der Waals surface area contributed by atoms with Crippen molar-refractivity contribution in [3.05, 3.63) is 70.4 Å². The summed E-state index contributed by atoms with van der Waals surface area (Å²) in [5.41, 5.74) is 6.21. The molecule has 28 heavy (non-hydrogen) atoms. The van der Waals surface area contributed by atoms with Crippen LogP contribution in [-0.4, -0.2) is 23.8 Å². The molecule has 3 rings (SSSR count). The van der Waals surface area contributed by atoms with E-state index in [0.29, 0.717) is 21.7 Å². The molecule has 1 atom stereocenters. The van der Waals surface area contributed by atoms with Crippen molar-refractivity contribution in [2.45, 2.75) is 19.9 Å². The zero-order chi connectivity index (χ0) is 20.3. The van der Waals surface area contributed by atoms with Gasteiger partial charge in [-0.15, -0.1) is 0 Å². The van der Waals surface area contributed by atoms with Gasteiger partial charge in [0.25, 0.3) is 11.8 Å². The van der Waals surface area contributed by atoms with Crippen molar-refractivity contribution >= 4 is 40.3 Å². The Morgan fingerprint density at radius 3 is 2.32 bits per heavy atom. The summed E-state index contributed by atoms with van der Waals surface area (Å²) in [5.74, 6) is -1.49. The number of fused-ring (bicyclic) bond motifs is 1. The van der Waals surface area contributed by atoms with Crippen LogP contribution in [0.2, 0.25) is 5.02 Å². The third-order valence-corrected chi connectivity index (χ3v) is 4.45. The van der Waals surface area contributed by atoms with E-state index < -0.39 is 23.8 Å². The van der Waals surface area contributed by atoms with Crippen molar-refractivity contribution in [1.82, 2.24) is 16.2 Å². The molecule has 7 nitrogen and oxygen atoms in total. The zero-order valence-corrected chi connectivity index (χ0v) is 16.0. The maximum Gasteiger partial charge on any atom is 0.305 e. The number of carbonyl (C=O) groups excluding carboxylic acids is 3. The number of rotatable bonds is 4. The van der Waals surface area contributed by atoms with E-state index >= 15 is 0 Å². The highest BCUT2D eigenvalue weighted by atomic mass is 35.5. The van der Waals surface area contributed by atoms with Gasteiger partial charge >= 0.3 is 5.91 Å². The summed E-state index contributed by atoms with van der Waals surface area (Å²) in [6.07, 6.45) is 0. The number of halogens is 1. The largest absolute Gasteiger partial charge is 0.451 e. The number of nitrogens with one attached hydrogen (secondary N) is 3. The monoisotopic (exact) mass is 399 g/mol. The lowest BCUT2D eigenvalue weighted by molar-refractivity contribution is -0.123. The molecule has 3 aromatic rings. The smallest absolute Gasteiger partial charge is 0.305 e. The minimum atomic E-state index is -0.875. The number of hydrogen-bond donors (Lipinski definition) is 3. The third-order valence-electron chi connectivity index (χ3n) is 4.20. The number of para-hydroxylation sites is 1. The predicted octanol–water partition coefficient (Wildman–Crippen LogP) is 2.97. The standard InChI is InChI=1S/C20H18ClN3O4/c1-11-15-5-3-4-6-16(15)28-17(11)20(27)24-23-18(25)12(2)22-19(26)13-7-9-14(21)10-8-13/h3-10,12H,1-2H3,(H,22,26)(H,23,25)(H,24,27). The maximum absolute atomic E-state index is 12.3. The summed E-state index contributed by atoms with van der Waals surface area (Å²) in [6.45, 7) is 3.26. The normalized spacial score (nSPS) is 11.7. The van der Waals surface area contributed by atoms with Crippen LogP contribution < -0.4 is 16.2 Å². The van der Waals surface area contributed by atoms with E-state index in [2.05, 4.69) is 16.2 Å². The molecule has 1 aromatic heterocycles. The summed E-state index contributed by atoms with van der Waals surface area (Å²) in [4.78, 5) is 36.6. The fourth-order valence-electron chi connectivity index (χ4n) is 2.62. The highest BCUT2D eigenvalue weighted by molar-refractivity contribution is 6.30. The average Bonchev–Trinajstić information content (AvgIpc) is 3.03. The Bertz CT molecular complexity index is 1040. The van der Waals surface area contributed by atoms with Crippen molar-refractivity contribution in [3.8, 4) is 0 Å². The molecule has 0 radical (unpaired) electrons. The predicted molar refractivity (Wildman–Crippen MR) is 105 cm³/mol. The molecule has 2 aromatic carbocycles. The number of aryl methyl sites for hydroxylation is 1. The van der Waals surface area contributed by atoms with E-state index in [4.69, 9.17) is 16.0 Å². The van der Waals surface area contributed by atoms with Crippen LogP contribution >= 0.6 is 11.6 Å². The lowest BCUT2D eigenvalue weighted by Crippen LogP contribution is -2.51. The number of carbonyl (C=O) groups is 3. The highest BCUT2D eigenvalue weighted by Gasteiger charge is 2.20. The first-order valence-electron chi connectivity index (χ1n) is 8.51. The quantitative estimate of drug-likeness (QED) is 0.587. The molecule has 0 aliphatic heterocycles. The van der Waals surface area contributed by atoms with Crippen LogP contribution in [0.1, 0.15) is 33.4 Å². The van der Waals surface area contributed by atoms with Gasteiger partial charge in [0.05, 0.1) is 0 Å². The molecule has 1 heterocycles. The molecule has 3 amide bonds. The van der Waals surface area contributed by atoms with Crippen LogP contribution in [0, 0.1) is 6.92 Å². The Kier molecular flexibility index (Phi) is 5.65. The Labute approximate surface area is 166 Å². The first kappa shape index (κ1) is 19.4. The maximum atomic E-state index is 12.3. The first-order chi connectivity index (χ1) is 13.4. The summed E-state index contributed by atoms with van der Waals surface area (Å²) in [7, 11) is 0. The van der Waals surface area contributed by atoms with Gasteiger partial charge in [-0.2, -0.15) is 0 Å². The van der Waals surface area contributed by atoms with Crippen LogP contribution in [0.3, 0.4) is 0 Å². The van der Waals surface area contributed by atoms with Crippen LogP contribution in [-0.2, 0) is 4.79 Å². The van der Waals surface area contributed by atoms with Crippen molar-refractivity contribution in [2.75, 3.05) is 0 Å². The van der Waals surface area contributed by atoms with E-state index in [1.54, 1.807) is 43.3 Å². The molecule has 0 fully saturated rings. The molecule has 144 valence electrons. The van der Waals surface area contributed by atoms with Gasteiger partial charge in [0, 0.05) is 21.5 Å². The average molecular weight is 400 g/mol. The van der Waals surface area contributed by atoms with E-state index in [1.165, 1.54) is 6.92 Å². The van der Waals surface area contributed by atoms with E-state index in [0.717, 1.165) is 5.39 Å². The van der Waals surface area contributed by atoms with Crippen molar-refractivity contribution < 1.29 is 18.8 Å². The molecule has 0 aliphatic carbocycles. The summed E-state index contributed by atoms with van der Waals surface area (Å²) in [6, 6.07) is 12.6. The Morgan fingerprint density at radius 1 is 0.964 bits per heavy atom. The summed E-state index contributed by atoms with van der Waals surface area (Å²) < 4.78 is 5.54.